The van der Waals surface area contributed by atoms with Crippen LogP contribution in [0, 0.1) is 0 Å². The molecule has 16 heavy (non-hydrogen) atoms. The van der Waals surface area contributed by atoms with E-state index in [1.807, 2.05) is 0 Å². The van der Waals surface area contributed by atoms with Crippen LogP contribution in [0.1, 0.15) is 20.8 Å². The van der Waals surface area contributed by atoms with Crippen LogP contribution in [0.25, 0.3) is 5.53 Å². The van der Waals surface area contributed by atoms with Crippen LogP contribution >= 0.6 is 0 Å². The highest BCUT2D eigenvalue weighted by Gasteiger charge is 2.44. The number of ketones is 1. The first-order chi connectivity index (χ1) is 7.41. The standard InChI is InChI=1S/C10H16N2O4/c1-6(13)8(12-11)9(14-4)7-5-15-10(2,3)16-7/h7,9H,5H2,1-4H3/t7-,9-/m1/s1. The summed E-state index contributed by atoms with van der Waals surface area (Å²) in [6.07, 6.45) is -1.17. The second-order valence-corrected chi connectivity index (χ2v) is 4.06. The van der Waals surface area contributed by atoms with Crippen LogP contribution < -0.4 is 0 Å². The minimum Gasteiger partial charge on any atom is -0.366 e. The molecule has 0 amide bonds. The van der Waals surface area contributed by atoms with E-state index in [4.69, 9.17) is 19.7 Å². The van der Waals surface area contributed by atoms with Gasteiger partial charge in [0.25, 0.3) is 0 Å². The van der Waals surface area contributed by atoms with Crippen molar-refractivity contribution in [1.82, 2.24) is 0 Å². The Morgan fingerprint density at radius 3 is 2.56 bits per heavy atom. The smallest absolute Gasteiger partial charge is 0.365 e. The highest BCUT2D eigenvalue weighted by molar-refractivity contribution is 6.38. The van der Waals surface area contributed by atoms with E-state index in [0.29, 0.717) is 0 Å². The molecule has 1 aliphatic heterocycles. The van der Waals surface area contributed by atoms with Gasteiger partial charge < -0.3 is 19.7 Å². The van der Waals surface area contributed by atoms with E-state index in [1.165, 1.54) is 14.0 Å². The molecule has 1 saturated heterocycles. The second kappa shape index (κ2) is 4.84. The topological polar surface area (TPSA) is 81.2 Å². The van der Waals surface area contributed by atoms with Crippen molar-refractivity contribution >= 4 is 11.5 Å². The minimum atomic E-state index is -0.718. The van der Waals surface area contributed by atoms with Crippen molar-refractivity contribution in [2.75, 3.05) is 13.7 Å². The molecule has 0 bridgehead atoms. The van der Waals surface area contributed by atoms with Crippen LogP contribution in [-0.2, 0) is 19.0 Å². The zero-order chi connectivity index (χ0) is 12.3. The fourth-order valence-electron chi connectivity index (χ4n) is 1.63. The van der Waals surface area contributed by atoms with Gasteiger partial charge in [-0.25, -0.2) is 0 Å². The predicted molar refractivity (Wildman–Crippen MR) is 55.0 cm³/mol. The molecular weight excluding hydrogens is 212 g/mol. The SMILES string of the molecule is CO[C@@H](C(=[N+]=[N-])C(C)=O)[C@H]1COC(C)(C)O1. The quantitative estimate of drug-likeness (QED) is 0.396. The van der Waals surface area contributed by atoms with Crippen LogP contribution in [0.15, 0.2) is 0 Å². The number of carbonyl (C=O) groups excluding carboxylic acids is 1. The van der Waals surface area contributed by atoms with Gasteiger partial charge in [-0.3, -0.25) is 4.79 Å². The van der Waals surface area contributed by atoms with Crippen molar-refractivity contribution in [2.24, 2.45) is 0 Å². The molecule has 0 aromatic rings. The summed E-state index contributed by atoms with van der Waals surface area (Å²) in [5, 5.41) is 0. The molecule has 0 unspecified atom stereocenters. The second-order valence-electron chi connectivity index (χ2n) is 4.06. The number of methoxy groups -OCH3 is 1. The lowest BCUT2D eigenvalue weighted by Crippen LogP contribution is -2.42. The molecule has 0 spiro atoms. The lowest BCUT2D eigenvalue weighted by atomic mass is 10.1. The first-order valence-electron chi connectivity index (χ1n) is 4.98. The Morgan fingerprint density at radius 2 is 2.25 bits per heavy atom. The lowest BCUT2D eigenvalue weighted by Gasteiger charge is -2.19. The minimum absolute atomic E-state index is 0.0613. The Bertz CT molecular complexity index is 334. The van der Waals surface area contributed by atoms with Crippen LogP contribution in [-0.4, -0.2) is 48.0 Å². The van der Waals surface area contributed by atoms with E-state index in [2.05, 4.69) is 4.79 Å². The van der Waals surface area contributed by atoms with Gasteiger partial charge in [-0.05, 0) is 13.8 Å². The zero-order valence-electron chi connectivity index (χ0n) is 9.89. The number of carbonyl (C=O) groups is 1. The molecule has 0 saturated carbocycles. The number of ether oxygens (including phenoxy) is 3. The van der Waals surface area contributed by atoms with Gasteiger partial charge >= 0.3 is 5.71 Å². The average Bonchev–Trinajstić information content (AvgIpc) is 2.54. The van der Waals surface area contributed by atoms with E-state index in [9.17, 15) is 4.79 Å². The molecule has 6 heteroatoms. The Morgan fingerprint density at radius 1 is 1.62 bits per heavy atom. The summed E-state index contributed by atoms with van der Waals surface area (Å²) < 4.78 is 16.0. The summed E-state index contributed by atoms with van der Waals surface area (Å²) >= 11 is 0. The van der Waals surface area contributed by atoms with Crippen molar-refractivity contribution in [1.29, 1.82) is 0 Å². The maximum absolute atomic E-state index is 11.2. The van der Waals surface area contributed by atoms with Crippen molar-refractivity contribution in [3.05, 3.63) is 5.53 Å². The Labute approximate surface area is 94.1 Å². The summed E-state index contributed by atoms with van der Waals surface area (Å²) in [5.74, 6) is -1.07. The molecule has 6 nitrogen and oxygen atoms in total. The van der Waals surface area contributed by atoms with Gasteiger partial charge in [0.15, 0.2) is 11.9 Å². The van der Waals surface area contributed by atoms with Gasteiger partial charge in [0.1, 0.15) is 6.10 Å². The van der Waals surface area contributed by atoms with Gasteiger partial charge in [-0.1, -0.05) is 0 Å². The van der Waals surface area contributed by atoms with Gasteiger partial charge in [0.2, 0.25) is 5.78 Å². The summed E-state index contributed by atoms with van der Waals surface area (Å²) in [6.45, 7) is 5.13. The molecule has 0 radical (unpaired) electrons. The van der Waals surface area contributed by atoms with E-state index >= 15 is 0 Å². The predicted octanol–water partition coefficient (Wildman–Crippen LogP) is 0.413. The van der Waals surface area contributed by atoms with Crippen LogP contribution in [0.5, 0.6) is 0 Å². The molecular formula is C10H16N2O4. The first kappa shape index (κ1) is 13.0. The average molecular weight is 228 g/mol. The Hall–Kier alpha value is -1.07. The van der Waals surface area contributed by atoms with E-state index in [-0.39, 0.29) is 18.1 Å². The molecule has 1 fully saturated rings. The van der Waals surface area contributed by atoms with Crippen LogP contribution in [0.3, 0.4) is 0 Å². The molecule has 1 heterocycles. The third-order valence-corrected chi connectivity index (χ3v) is 2.36. The third-order valence-electron chi connectivity index (χ3n) is 2.36. The van der Waals surface area contributed by atoms with Gasteiger partial charge in [-0.15, -0.1) is 0 Å². The van der Waals surface area contributed by atoms with Crippen LogP contribution in [0.4, 0.5) is 0 Å². The molecule has 0 aromatic heterocycles. The highest BCUT2D eigenvalue weighted by atomic mass is 16.7. The monoisotopic (exact) mass is 228 g/mol. The molecule has 1 rings (SSSR count). The summed E-state index contributed by atoms with van der Waals surface area (Å²) in [7, 11) is 1.42. The van der Waals surface area contributed by atoms with Crippen molar-refractivity contribution in [2.45, 2.75) is 38.8 Å². The first-order valence-corrected chi connectivity index (χ1v) is 4.98. The summed E-state index contributed by atoms with van der Waals surface area (Å²) in [4.78, 5) is 14.2. The number of hydrogen-bond donors (Lipinski definition) is 0. The van der Waals surface area contributed by atoms with E-state index < -0.39 is 18.0 Å². The maximum atomic E-state index is 11.2. The van der Waals surface area contributed by atoms with Gasteiger partial charge in [0, 0.05) is 14.0 Å². The zero-order valence-corrected chi connectivity index (χ0v) is 9.89. The van der Waals surface area contributed by atoms with Crippen LogP contribution in [0.2, 0.25) is 0 Å². The fraction of sp³-hybridized carbons (Fsp3) is 0.800. The van der Waals surface area contributed by atoms with Gasteiger partial charge in [-0.2, -0.15) is 4.79 Å². The number of hydrogen-bond acceptors (Lipinski definition) is 4. The Balaban J connectivity index is 2.84. The van der Waals surface area contributed by atoms with Gasteiger partial charge in [0.05, 0.1) is 6.61 Å². The molecule has 1 aliphatic rings. The van der Waals surface area contributed by atoms with Crippen molar-refractivity contribution in [3.63, 3.8) is 0 Å². The number of Topliss-reactive ketones (excluding diaryl/α,β-unsaturated/α-hetero) is 1. The van der Waals surface area contributed by atoms with E-state index in [1.54, 1.807) is 13.8 Å². The molecule has 0 N–H and O–H groups in total. The summed E-state index contributed by atoms with van der Waals surface area (Å²) in [5.41, 5.74) is 8.72. The number of nitrogens with zero attached hydrogens (tertiary/aromatic N) is 2. The van der Waals surface area contributed by atoms with Crippen molar-refractivity contribution in [3.8, 4) is 0 Å². The summed E-state index contributed by atoms with van der Waals surface area (Å²) in [6, 6.07) is 0. The third kappa shape index (κ3) is 2.74. The Kier molecular flexibility index (Phi) is 3.93. The molecule has 0 aliphatic carbocycles. The largest absolute Gasteiger partial charge is 0.366 e. The lowest BCUT2D eigenvalue weighted by molar-refractivity contribution is -0.152. The molecule has 2 atom stereocenters. The van der Waals surface area contributed by atoms with E-state index in [0.717, 1.165) is 0 Å². The molecule has 0 aromatic carbocycles. The number of rotatable bonds is 4. The normalized spacial score (nSPS) is 24.9. The molecule has 90 valence electrons. The fourth-order valence-corrected chi connectivity index (χ4v) is 1.63. The highest BCUT2D eigenvalue weighted by Crippen LogP contribution is 2.25. The van der Waals surface area contributed by atoms with Crippen molar-refractivity contribution < 1.29 is 23.8 Å². The maximum Gasteiger partial charge on any atom is 0.365 e.